The first-order valence-corrected chi connectivity index (χ1v) is 7.28. The van der Waals surface area contributed by atoms with E-state index in [4.69, 9.17) is 4.74 Å². The van der Waals surface area contributed by atoms with Crippen LogP contribution in [0.3, 0.4) is 0 Å². The molecular weight excluding hydrogens is 274 g/mol. The highest BCUT2D eigenvalue weighted by Crippen LogP contribution is 2.12. The van der Waals surface area contributed by atoms with E-state index in [0.29, 0.717) is 0 Å². The normalized spacial score (nSPS) is 10.6. The summed E-state index contributed by atoms with van der Waals surface area (Å²) in [6.07, 6.45) is 3.94. The maximum Gasteiger partial charge on any atom is 0.119 e. The molecule has 0 saturated carbocycles. The smallest absolute Gasteiger partial charge is 0.119 e. The summed E-state index contributed by atoms with van der Waals surface area (Å²) < 4.78 is 7.12. The summed E-state index contributed by atoms with van der Waals surface area (Å²) in [6, 6.07) is 18.2. The van der Waals surface area contributed by atoms with Crippen LogP contribution in [0.2, 0.25) is 0 Å². The summed E-state index contributed by atoms with van der Waals surface area (Å²) in [5.41, 5.74) is 3.43. The summed E-state index contributed by atoms with van der Waals surface area (Å²) in [6.45, 7) is 1.58. The molecule has 3 aromatic rings. The summed E-state index contributed by atoms with van der Waals surface area (Å²) in [5.74, 6) is 0.885. The minimum Gasteiger partial charge on any atom is -0.497 e. The molecule has 0 fully saturated rings. The first-order chi connectivity index (χ1) is 10.8. The van der Waals surface area contributed by atoms with Crippen LogP contribution in [0, 0.1) is 0 Å². The molecule has 4 heteroatoms. The molecule has 0 radical (unpaired) electrons. The van der Waals surface area contributed by atoms with Crippen molar-refractivity contribution in [2.45, 2.75) is 13.1 Å². The van der Waals surface area contributed by atoms with Crippen LogP contribution >= 0.6 is 0 Å². The Balaban J connectivity index is 1.57. The van der Waals surface area contributed by atoms with Gasteiger partial charge in [-0.25, -0.2) is 4.68 Å². The van der Waals surface area contributed by atoms with Crippen molar-refractivity contribution in [3.63, 3.8) is 0 Å². The lowest BCUT2D eigenvalue weighted by atomic mass is 10.2. The topological polar surface area (TPSA) is 39.1 Å². The molecule has 112 valence electrons. The standard InChI is InChI=1S/C18H19N3O/c1-22-18-9-5-6-15(10-18)11-19-12-16-13-20-21(14-16)17-7-3-2-4-8-17/h2-10,13-14,19H,11-12H2,1H3. The van der Waals surface area contributed by atoms with Crippen LogP contribution in [0.15, 0.2) is 67.0 Å². The Morgan fingerprint density at radius 3 is 2.64 bits per heavy atom. The lowest BCUT2D eigenvalue weighted by Crippen LogP contribution is -2.12. The fourth-order valence-corrected chi connectivity index (χ4v) is 2.31. The number of hydrogen-bond donors (Lipinski definition) is 1. The van der Waals surface area contributed by atoms with Gasteiger partial charge in [0.25, 0.3) is 0 Å². The number of benzene rings is 2. The van der Waals surface area contributed by atoms with Crippen LogP contribution in [-0.4, -0.2) is 16.9 Å². The number of methoxy groups -OCH3 is 1. The van der Waals surface area contributed by atoms with Gasteiger partial charge in [0.2, 0.25) is 0 Å². The van der Waals surface area contributed by atoms with E-state index in [1.165, 1.54) is 5.56 Å². The van der Waals surface area contributed by atoms with Gasteiger partial charge in [-0.1, -0.05) is 30.3 Å². The van der Waals surface area contributed by atoms with E-state index in [0.717, 1.165) is 30.1 Å². The Hall–Kier alpha value is -2.59. The average molecular weight is 293 g/mol. The predicted molar refractivity (Wildman–Crippen MR) is 87.1 cm³/mol. The molecule has 0 amide bonds. The van der Waals surface area contributed by atoms with Gasteiger partial charge in [-0.05, 0) is 29.8 Å². The lowest BCUT2D eigenvalue weighted by molar-refractivity contribution is 0.414. The zero-order valence-corrected chi connectivity index (χ0v) is 12.6. The van der Waals surface area contributed by atoms with Crippen molar-refractivity contribution in [3.05, 3.63) is 78.1 Å². The Bertz CT molecular complexity index is 722. The zero-order valence-electron chi connectivity index (χ0n) is 12.6. The minimum atomic E-state index is 0.782. The molecule has 3 rings (SSSR count). The molecule has 0 spiro atoms. The van der Waals surface area contributed by atoms with Gasteiger partial charge in [0.1, 0.15) is 5.75 Å². The van der Waals surface area contributed by atoms with Crippen molar-refractivity contribution in [1.82, 2.24) is 15.1 Å². The van der Waals surface area contributed by atoms with Crippen LogP contribution in [0.1, 0.15) is 11.1 Å². The number of hydrogen-bond acceptors (Lipinski definition) is 3. The quantitative estimate of drug-likeness (QED) is 0.758. The van der Waals surface area contributed by atoms with Crippen molar-refractivity contribution in [3.8, 4) is 11.4 Å². The van der Waals surface area contributed by atoms with Gasteiger partial charge in [-0.3, -0.25) is 0 Å². The molecule has 1 aromatic heterocycles. The average Bonchev–Trinajstić information content (AvgIpc) is 3.05. The van der Waals surface area contributed by atoms with Gasteiger partial charge < -0.3 is 10.1 Å². The highest BCUT2D eigenvalue weighted by atomic mass is 16.5. The molecule has 0 aliphatic carbocycles. The first kappa shape index (κ1) is 14.4. The second-order valence-corrected chi connectivity index (χ2v) is 5.08. The van der Waals surface area contributed by atoms with Gasteiger partial charge in [0.15, 0.2) is 0 Å². The Morgan fingerprint density at radius 2 is 1.82 bits per heavy atom. The highest BCUT2D eigenvalue weighted by Gasteiger charge is 2.01. The van der Waals surface area contributed by atoms with Crippen molar-refractivity contribution in [1.29, 1.82) is 0 Å². The summed E-state index contributed by atoms with van der Waals surface area (Å²) in [4.78, 5) is 0. The van der Waals surface area contributed by atoms with Crippen LogP contribution in [-0.2, 0) is 13.1 Å². The molecule has 4 nitrogen and oxygen atoms in total. The second kappa shape index (κ2) is 6.91. The monoisotopic (exact) mass is 293 g/mol. The molecule has 0 aliphatic heterocycles. The fraction of sp³-hybridized carbons (Fsp3) is 0.167. The number of rotatable bonds is 6. The van der Waals surface area contributed by atoms with Crippen LogP contribution in [0.5, 0.6) is 5.75 Å². The van der Waals surface area contributed by atoms with Gasteiger partial charge in [-0.15, -0.1) is 0 Å². The summed E-state index contributed by atoms with van der Waals surface area (Å²) in [5, 5.41) is 7.82. The molecule has 2 aromatic carbocycles. The van der Waals surface area contributed by atoms with Crippen LogP contribution in [0.25, 0.3) is 5.69 Å². The summed E-state index contributed by atoms with van der Waals surface area (Å²) >= 11 is 0. The number of para-hydroxylation sites is 1. The fourth-order valence-electron chi connectivity index (χ4n) is 2.31. The van der Waals surface area contributed by atoms with E-state index in [1.807, 2.05) is 65.6 Å². The van der Waals surface area contributed by atoms with Gasteiger partial charge in [0, 0.05) is 24.8 Å². The third kappa shape index (κ3) is 3.54. The second-order valence-electron chi connectivity index (χ2n) is 5.08. The maximum absolute atomic E-state index is 5.23. The number of nitrogens with one attached hydrogen (secondary N) is 1. The lowest BCUT2D eigenvalue weighted by Gasteiger charge is -2.05. The Morgan fingerprint density at radius 1 is 1.00 bits per heavy atom. The van der Waals surface area contributed by atoms with E-state index < -0.39 is 0 Å². The van der Waals surface area contributed by atoms with Gasteiger partial charge in [0.05, 0.1) is 19.0 Å². The van der Waals surface area contributed by atoms with E-state index in [-0.39, 0.29) is 0 Å². The third-order valence-corrected chi connectivity index (χ3v) is 3.45. The van der Waals surface area contributed by atoms with Crippen molar-refractivity contribution in [2.24, 2.45) is 0 Å². The largest absolute Gasteiger partial charge is 0.497 e. The van der Waals surface area contributed by atoms with Crippen molar-refractivity contribution in [2.75, 3.05) is 7.11 Å². The number of aromatic nitrogens is 2. The number of ether oxygens (including phenoxy) is 1. The Kier molecular flexibility index (Phi) is 4.51. The molecular formula is C18H19N3O. The van der Waals surface area contributed by atoms with Crippen LogP contribution in [0.4, 0.5) is 0 Å². The number of nitrogens with zero attached hydrogens (tertiary/aromatic N) is 2. The molecule has 0 aliphatic rings. The maximum atomic E-state index is 5.23. The molecule has 1 heterocycles. The van der Waals surface area contributed by atoms with E-state index in [1.54, 1.807) is 7.11 Å². The molecule has 22 heavy (non-hydrogen) atoms. The minimum absolute atomic E-state index is 0.782. The first-order valence-electron chi connectivity index (χ1n) is 7.28. The predicted octanol–water partition coefficient (Wildman–Crippen LogP) is 3.17. The SMILES string of the molecule is COc1cccc(CNCc2cnn(-c3ccccc3)c2)c1. The van der Waals surface area contributed by atoms with Crippen LogP contribution < -0.4 is 10.1 Å². The van der Waals surface area contributed by atoms with E-state index in [2.05, 4.69) is 16.5 Å². The molecule has 0 atom stereocenters. The third-order valence-electron chi connectivity index (χ3n) is 3.45. The molecule has 1 N–H and O–H groups in total. The molecule has 0 saturated heterocycles. The molecule has 0 bridgehead atoms. The summed E-state index contributed by atoms with van der Waals surface area (Å²) in [7, 11) is 1.69. The highest BCUT2D eigenvalue weighted by molar-refractivity contribution is 5.31. The van der Waals surface area contributed by atoms with Crippen molar-refractivity contribution < 1.29 is 4.74 Å². The van der Waals surface area contributed by atoms with Gasteiger partial charge >= 0.3 is 0 Å². The van der Waals surface area contributed by atoms with Gasteiger partial charge in [-0.2, -0.15) is 5.10 Å². The van der Waals surface area contributed by atoms with E-state index in [9.17, 15) is 0 Å². The van der Waals surface area contributed by atoms with E-state index >= 15 is 0 Å². The van der Waals surface area contributed by atoms with Crippen molar-refractivity contribution >= 4 is 0 Å². The molecule has 0 unspecified atom stereocenters. The zero-order chi connectivity index (χ0) is 15.2. The Labute approximate surface area is 130 Å².